The third-order valence-electron chi connectivity index (χ3n) is 6.48. The number of hydrogen-bond acceptors (Lipinski definition) is 3. The summed E-state index contributed by atoms with van der Waals surface area (Å²) in [6.07, 6.45) is 8.50. The van der Waals surface area contributed by atoms with E-state index in [1.165, 1.54) is 6.42 Å². The number of hydrogen-bond donors (Lipinski definition) is 2. The zero-order valence-electron chi connectivity index (χ0n) is 17.0. The lowest BCUT2D eigenvalue weighted by Crippen LogP contribution is -2.37. The molecule has 5 nitrogen and oxygen atoms in total. The Morgan fingerprint density at radius 1 is 0.800 bits per heavy atom. The van der Waals surface area contributed by atoms with Crippen molar-refractivity contribution in [3.05, 3.63) is 70.8 Å². The van der Waals surface area contributed by atoms with Crippen LogP contribution in [0.1, 0.15) is 70.4 Å². The van der Waals surface area contributed by atoms with Gasteiger partial charge in [-0.05, 0) is 72.4 Å². The second-order valence-electron chi connectivity index (χ2n) is 8.43. The highest BCUT2D eigenvalue weighted by Gasteiger charge is 2.39. The van der Waals surface area contributed by atoms with Crippen molar-refractivity contribution in [1.29, 1.82) is 0 Å². The van der Waals surface area contributed by atoms with E-state index in [9.17, 15) is 14.4 Å². The van der Waals surface area contributed by atoms with Crippen LogP contribution in [0.15, 0.2) is 48.5 Å². The SMILES string of the molecule is O=CCC(Cc1ccc(C(=O)O)cc1)(Cc1ccc(C(=O)O)cc1)C1CCCCC1. The first-order chi connectivity index (χ1) is 14.4. The van der Waals surface area contributed by atoms with E-state index in [0.717, 1.165) is 43.1 Å². The van der Waals surface area contributed by atoms with Crippen LogP contribution in [-0.4, -0.2) is 28.4 Å². The standard InChI is InChI=1S/C25H28O5/c26-15-14-25(22-4-2-1-3-5-22,16-18-6-10-20(11-7-18)23(27)28)17-19-8-12-21(13-9-19)24(29)30/h6-13,15,22H,1-5,14,16-17H2,(H,27,28)(H,29,30). The molecule has 3 rings (SSSR count). The second kappa shape index (κ2) is 9.70. The number of carbonyl (C=O) groups excluding carboxylic acids is 1. The van der Waals surface area contributed by atoms with Crippen LogP contribution in [0, 0.1) is 11.3 Å². The molecule has 0 heterocycles. The Kier molecular flexibility index (Phi) is 7.03. The van der Waals surface area contributed by atoms with Crippen LogP contribution in [-0.2, 0) is 17.6 Å². The lowest BCUT2D eigenvalue weighted by atomic mass is 9.61. The number of carboxylic acids is 2. The number of rotatable bonds is 9. The molecule has 1 saturated carbocycles. The van der Waals surface area contributed by atoms with Gasteiger partial charge in [-0.2, -0.15) is 0 Å². The lowest BCUT2D eigenvalue weighted by Gasteiger charge is -2.42. The van der Waals surface area contributed by atoms with Crippen LogP contribution >= 0.6 is 0 Å². The second-order valence-corrected chi connectivity index (χ2v) is 8.43. The fourth-order valence-corrected chi connectivity index (χ4v) is 4.89. The average Bonchev–Trinajstić information content (AvgIpc) is 2.75. The maximum Gasteiger partial charge on any atom is 0.335 e. The zero-order valence-corrected chi connectivity index (χ0v) is 17.0. The van der Waals surface area contributed by atoms with Gasteiger partial charge in [-0.15, -0.1) is 0 Å². The van der Waals surface area contributed by atoms with Crippen molar-refractivity contribution in [3.8, 4) is 0 Å². The van der Waals surface area contributed by atoms with Gasteiger partial charge in [0, 0.05) is 6.42 Å². The molecule has 0 saturated heterocycles. The van der Waals surface area contributed by atoms with Gasteiger partial charge < -0.3 is 15.0 Å². The monoisotopic (exact) mass is 408 g/mol. The summed E-state index contributed by atoms with van der Waals surface area (Å²) in [5.74, 6) is -1.51. The van der Waals surface area contributed by atoms with Crippen molar-refractivity contribution in [3.63, 3.8) is 0 Å². The van der Waals surface area contributed by atoms with Gasteiger partial charge in [-0.25, -0.2) is 9.59 Å². The quantitative estimate of drug-likeness (QED) is 0.568. The highest BCUT2D eigenvalue weighted by Crippen LogP contribution is 2.45. The van der Waals surface area contributed by atoms with E-state index in [0.29, 0.717) is 25.2 Å². The largest absolute Gasteiger partial charge is 0.478 e. The number of benzene rings is 2. The molecule has 1 fully saturated rings. The molecule has 1 aliphatic carbocycles. The van der Waals surface area contributed by atoms with Crippen molar-refractivity contribution < 1.29 is 24.6 Å². The highest BCUT2D eigenvalue weighted by atomic mass is 16.4. The van der Waals surface area contributed by atoms with Gasteiger partial charge in [0.2, 0.25) is 0 Å². The van der Waals surface area contributed by atoms with Gasteiger partial charge in [0.1, 0.15) is 6.29 Å². The molecular formula is C25H28O5. The summed E-state index contributed by atoms with van der Waals surface area (Å²) in [7, 11) is 0. The van der Waals surface area contributed by atoms with E-state index < -0.39 is 11.9 Å². The molecule has 0 radical (unpaired) electrons. The molecule has 2 N–H and O–H groups in total. The molecule has 2 aromatic carbocycles. The Morgan fingerprint density at radius 2 is 1.23 bits per heavy atom. The van der Waals surface area contributed by atoms with Gasteiger partial charge in [0.05, 0.1) is 11.1 Å². The smallest absolute Gasteiger partial charge is 0.335 e. The summed E-state index contributed by atoms with van der Waals surface area (Å²) in [5, 5.41) is 18.3. The van der Waals surface area contributed by atoms with Crippen LogP contribution in [0.3, 0.4) is 0 Å². The molecule has 1 aliphatic rings. The Balaban J connectivity index is 1.94. The van der Waals surface area contributed by atoms with E-state index in [1.54, 1.807) is 24.3 Å². The van der Waals surface area contributed by atoms with E-state index in [2.05, 4.69) is 0 Å². The molecule has 0 unspecified atom stereocenters. The highest BCUT2D eigenvalue weighted by molar-refractivity contribution is 5.88. The van der Waals surface area contributed by atoms with Crippen LogP contribution in [0.4, 0.5) is 0 Å². The topological polar surface area (TPSA) is 91.7 Å². The van der Waals surface area contributed by atoms with Gasteiger partial charge in [0.25, 0.3) is 0 Å². The summed E-state index contributed by atoms with van der Waals surface area (Å²) in [5.41, 5.74) is 2.28. The van der Waals surface area contributed by atoms with Crippen molar-refractivity contribution in [1.82, 2.24) is 0 Å². The minimum atomic E-state index is -0.952. The van der Waals surface area contributed by atoms with Crippen LogP contribution in [0.5, 0.6) is 0 Å². The maximum absolute atomic E-state index is 11.8. The van der Waals surface area contributed by atoms with Crippen LogP contribution in [0.2, 0.25) is 0 Å². The fraction of sp³-hybridized carbons (Fsp3) is 0.400. The van der Waals surface area contributed by atoms with Gasteiger partial charge in [-0.1, -0.05) is 43.5 Å². The van der Waals surface area contributed by atoms with E-state index >= 15 is 0 Å². The molecule has 158 valence electrons. The first kappa shape index (κ1) is 21.8. The number of carbonyl (C=O) groups is 3. The summed E-state index contributed by atoms with van der Waals surface area (Å²) in [6.45, 7) is 0. The van der Waals surface area contributed by atoms with Crippen LogP contribution < -0.4 is 0 Å². The number of aldehydes is 1. The molecule has 2 aromatic rings. The summed E-state index contributed by atoms with van der Waals surface area (Å²) in [4.78, 5) is 34.1. The summed E-state index contributed by atoms with van der Waals surface area (Å²) < 4.78 is 0. The Bertz CT molecular complexity index is 817. The number of aromatic carboxylic acids is 2. The predicted octanol–water partition coefficient (Wildman–Crippen LogP) is 5.02. The zero-order chi connectivity index (χ0) is 21.6. The van der Waals surface area contributed by atoms with Gasteiger partial charge in [-0.3, -0.25) is 0 Å². The minimum absolute atomic E-state index is 0.252. The third-order valence-corrected chi connectivity index (χ3v) is 6.48. The Labute approximate surface area is 176 Å². The first-order valence-electron chi connectivity index (χ1n) is 10.5. The first-order valence-corrected chi connectivity index (χ1v) is 10.5. The van der Waals surface area contributed by atoms with Gasteiger partial charge >= 0.3 is 11.9 Å². The van der Waals surface area contributed by atoms with Crippen LogP contribution in [0.25, 0.3) is 0 Å². The van der Waals surface area contributed by atoms with Gasteiger partial charge in [0.15, 0.2) is 0 Å². The molecule has 0 atom stereocenters. The molecular weight excluding hydrogens is 380 g/mol. The lowest BCUT2D eigenvalue weighted by molar-refractivity contribution is -0.111. The van der Waals surface area contributed by atoms with Crippen molar-refractivity contribution in [2.45, 2.75) is 51.4 Å². The summed E-state index contributed by atoms with van der Waals surface area (Å²) >= 11 is 0. The van der Waals surface area contributed by atoms with Crippen molar-refractivity contribution in [2.24, 2.45) is 11.3 Å². The predicted molar refractivity (Wildman–Crippen MR) is 114 cm³/mol. The summed E-state index contributed by atoms with van der Waals surface area (Å²) in [6, 6.07) is 13.9. The number of carboxylic acid groups (broad SMARTS) is 2. The molecule has 30 heavy (non-hydrogen) atoms. The van der Waals surface area contributed by atoms with Crippen molar-refractivity contribution >= 4 is 18.2 Å². The van der Waals surface area contributed by atoms with Crippen molar-refractivity contribution in [2.75, 3.05) is 0 Å². The molecule has 0 amide bonds. The minimum Gasteiger partial charge on any atom is -0.478 e. The Hall–Kier alpha value is -2.95. The van der Waals surface area contributed by atoms with E-state index in [4.69, 9.17) is 10.2 Å². The Morgan fingerprint density at radius 3 is 1.60 bits per heavy atom. The average molecular weight is 408 g/mol. The molecule has 0 aromatic heterocycles. The molecule has 0 spiro atoms. The molecule has 5 heteroatoms. The normalized spacial score (nSPS) is 14.9. The third kappa shape index (κ3) is 5.15. The molecule has 0 bridgehead atoms. The van der Waals surface area contributed by atoms with E-state index in [1.807, 2.05) is 24.3 Å². The maximum atomic E-state index is 11.8. The van der Waals surface area contributed by atoms with E-state index in [-0.39, 0.29) is 16.5 Å². The molecule has 0 aliphatic heterocycles. The fourth-order valence-electron chi connectivity index (χ4n) is 4.89.